The molecule has 0 unspecified atom stereocenters. The minimum Gasteiger partial charge on any atom is -0.412 e. The van der Waals surface area contributed by atoms with Crippen molar-refractivity contribution in [2.24, 2.45) is 0 Å². The minimum absolute atomic E-state index is 0. The van der Waals surface area contributed by atoms with Gasteiger partial charge in [-0.05, 0) is 6.42 Å². The van der Waals surface area contributed by atoms with Crippen molar-refractivity contribution < 1.29 is 20.1 Å². The first kappa shape index (κ1) is 17.8. The highest BCUT2D eigenvalue weighted by Crippen LogP contribution is 1.78. The minimum atomic E-state index is 0. The fourth-order valence-corrected chi connectivity index (χ4v) is 0.325. The molecular weight excluding hydrogens is 160 g/mol. The highest BCUT2D eigenvalue weighted by molar-refractivity contribution is 4.23. The zero-order chi connectivity index (χ0) is 8.95. The van der Waals surface area contributed by atoms with E-state index >= 15 is 0 Å². The Labute approximate surface area is 74.8 Å². The third-order valence-electron chi connectivity index (χ3n) is 1.00. The summed E-state index contributed by atoms with van der Waals surface area (Å²) in [5.41, 5.74) is 0. The lowest BCUT2D eigenvalue weighted by molar-refractivity contribution is 0.103. The van der Waals surface area contributed by atoms with Gasteiger partial charge in [0, 0.05) is 20.8 Å². The molecule has 0 aliphatic carbocycles. The van der Waals surface area contributed by atoms with Crippen LogP contribution in [-0.4, -0.2) is 44.6 Å². The molecule has 0 aliphatic rings. The van der Waals surface area contributed by atoms with E-state index in [2.05, 4.69) is 16.4 Å². The summed E-state index contributed by atoms with van der Waals surface area (Å²) < 4.78 is 9.31. The Morgan fingerprint density at radius 1 is 1.08 bits per heavy atom. The molecule has 4 nitrogen and oxygen atoms in total. The van der Waals surface area contributed by atoms with E-state index in [0.717, 1.165) is 12.8 Å². The van der Waals surface area contributed by atoms with Crippen LogP contribution in [-0.2, 0) is 9.47 Å². The Hall–Kier alpha value is -0.160. The highest BCUT2D eigenvalue weighted by Gasteiger charge is 1.73. The molecule has 0 aromatic carbocycles. The maximum absolute atomic E-state index is 8.07. The molecule has 0 bridgehead atoms. The summed E-state index contributed by atoms with van der Waals surface area (Å²) in [5, 5.41) is 8.07. The van der Waals surface area contributed by atoms with Crippen LogP contribution in [0.25, 0.3) is 0 Å². The van der Waals surface area contributed by atoms with E-state index in [-0.39, 0.29) is 5.48 Å². The van der Waals surface area contributed by atoms with E-state index in [0.29, 0.717) is 19.8 Å². The maximum Gasteiger partial charge on any atom is 0.0696 e. The molecule has 12 heavy (non-hydrogen) atoms. The topological polar surface area (TPSA) is 70.2 Å². The Balaban J connectivity index is -0.000000126. The van der Waals surface area contributed by atoms with Gasteiger partial charge in [0.2, 0.25) is 0 Å². The smallest absolute Gasteiger partial charge is 0.0696 e. The van der Waals surface area contributed by atoms with Gasteiger partial charge in [-0.15, -0.1) is 0 Å². The van der Waals surface area contributed by atoms with Gasteiger partial charge < -0.3 is 20.1 Å². The first-order valence-electron chi connectivity index (χ1n) is 3.92. The summed E-state index contributed by atoms with van der Waals surface area (Å²) in [4.78, 5) is 0. The second-order valence-corrected chi connectivity index (χ2v) is 2.06. The quantitative estimate of drug-likeness (QED) is 0.619. The van der Waals surface area contributed by atoms with Gasteiger partial charge in [-0.1, -0.05) is 13.3 Å². The van der Waals surface area contributed by atoms with Gasteiger partial charge in [-0.3, -0.25) is 0 Å². The van der Waals surface area contributed by atoms with Crippen LogP contribution in [0, 0.1) is 0 Å². The summed E-state index contributed by atoms with van der Waals surface area (Å²) in [7, 11) is 3.30. The predicted octanol–water partition coefficient (Wildman–Crippen LogP) is 0.233. The molecular formula is C8H22O4. The molecule has 0 rings (SSSR count). The average molecular weight is 182 g/mol. The number of unbranched alkanes of at least 4 members (excludes halogenated alkanes) is 1. The van der Waals surface area contributed by atoms with E-state index in [1.165, 1.54) is 0 Å². The highest BCUT2D eigenvalue weighted by atomic mass is 16.5. The lowest BCUT2D eigenvalue weighted by atomic mass is 10.4. The van der Waals surface area contributed by atoms with Gasteiger partial charge in [0.05, 0.1) is 13.2 Å². The lowest BCUT2D eigenvalue weighted by Crippen LogP contribution is -1.96. The normalized spacial score (nSPS) is 8.00. The van der Waals surface area contributed by atoms with Crippen molar-refractivity contribution in [3.05, 3.63) is 0 Å². The molecule has 4 heteroatoms. The molecule has 0 heterocycles. The monoisotopic (exact) mass is 182 g/mol. The van der Waals surface area contributed by atoms with Gasteiger partial charge in [0.25, 0.3) is 0 Å². The molecule has 0 aliphatic heterocycles. The maximum atomic E-state index is 8.07. The molecule has 0 aromatic rings. The van der Waals surface area contributed by atoms with Crippen molar-refractivity contribution >= 4 is 0 Å². The second-order valence-electron chi connectivity index (χ2n) is 2.06. The SMILES string of the molecule is CCCCO.COCCOC.O. The molecule has 0 saturated heterocycles. The number of hydrogen-bond donors (Lipinski definition) is 1. The Morgan fingerprint density at radius 3 is 1.58 bits per heavy atom. The lowest BCUT2D eigenvalue weighted by Gasteiger charge is -1.91. The van der Waals surface area contributed by atoms with E-state index in [1.807, 2.05) is 0 Å². The fraction of sp³-hybridized carbons (Fsp3) is 1.00. The van der Waals surface area contributed by atoms with Crippen molar-refractivity contribution in [2.75, 3.05) is 34.0 Å². The van der Waals surface area contributed by atoms with E-state index in [9.17, 15) is 0 Å². The first-order chi connectivity index (χ1) is 5.33. The third-order valence-corrected chi connectivity index (χ3v) is 1.00. The van der Waals surface area contributed by atoms with Crippen molar-refractivity contribution in [3.8, 4) is 0 Å². The number of aliphatic hydroxyl groups excluding tert-OH is 1. The summed E-state index contributed by atoms with van der Waals surface area (Å²) in [6.45, 7) is 3.78. The zero-order valence-corrected chi connectivity index (χ0v) is 8.30. The largest absolute Gasteiger partial charge is 0.412 e. The van der Waals surface area contributed by atoms with Crippen LogP contribution in [0.15, 0.2) is 0 Å². The van der Waals surface area contributed by atoms with E-state index < -0.39 is 0 Å². The van der Waals surface area contributed by atoms with Crippen LogP contribution >= 0.6 is 0 Å². The molecule has 0 radical (unpaired) electrons. The fourth-order valence-electron chi connectivity index (χ4n) is 0.325. The Kier molecular flexibility index (Phi) is 33.3. The van der Waals surface area contributed by atoms with Gasteiger partial charge in [0.15, 0.2) is 0 Å². The van der Waals surface area contributed by atoms with Crippen LogP contribution in [0.1, 0.15) is 19.8 Å². The molecule has 0 saturated carbocycles. The number of ether oxygens (including phenoxy) is 2. The first-order valence-corrected chi connectivity index (χ1v) is 3.92. The van der Waals surface area contributed by atoms with Gasteiger partial charge >= 0.3 is 0 Å². The summed E-state index contributed by atoms with van der Waals surface area (Å²) >= 11 is 0. The second kappa shape index (κ2) is 22.4. The molecule has 0 aromatic heterocycles. The van der Waals surface area contributed by atoms with Crippen LogP contribution in [0.2, 0.25) is 0 Å². The number of methoxy groups -OCH3 is 2. The van der Waals surface area contributed by atoms with Crippen LogP contribution in [0.3, 0.4) is 0 Å². The number of aliphatic hydroxyl groups is 1. The number of hydrogen-bond acceptors (Lipinski definition) is 3. The molecule has 0 spiro atoms. The standard InChI is InChI=1S/C4H10O2.C4H10O.H2O/c1-5-3-4-6-2;1-2-3-4-5;/h3-4H2,1-2H3;5H,2-4H2,1H3;1H2. The predicted molar refractivity (Wildman–Crippen MR) is 49.4 cm³/mol. The Morgan fingerprint density at radius 2 is 1.50 bits per heavy atom. The molecule has 0 atom stereocenters. The summed E-state index contributed by atoms with van der Waals surface area (Å²) in [5.74, 6) is 0. The zero-order valence-electron chi connectivity index (χ0n) is 8.30. The molecule has 0 amide bonds. The summed E-state index contributed by atoms with van der Waals surface area (Å²) in [6, 6.07) is 0. The molecule has 3 N–H and O–H groups in total. The van der Waals surface area contributed by atoms with Crippen LogP contribution in [0.4, 0.5) is 0 Å². The third kappa shape index (κ3) is 32.8. The van der Waals surface area contributed by atoms with E-state index in [1.54, 1.807) is 14.2 Å². The van der Waals surface area contributed by atoms with Crippen molar-refractivity contribution in [1.82, 2.24) is 0 Å². The van der Waals surface area contributed by atoms with Crippen molar-refractivity contribution in [2.45, 2.75) is 19.8 Å². The van der Waals surface area contributed by atoms with E-state index in [4.69, 9.17) is 5.11 Å². The van der Waals surface area contributed by atoms with Crippen LogP contribution < -0.4 is 0 Å². The van der Waals surface area contributed by atoms with Gasteiger partial charge in [-0.2, -0.15) is 0 Å². The van der Waals surface area contributed by atoms with Gasteiger partial charge in [0.1, 0.15) is 0 Å². The van der Waals surface area contributed by atoms with Crippen molar-refractivity contribution in [3.63, 3.8) is 0 Å². The van der Waals surface area contributed by atoms with Crippen molar-refractivity contribution in [1.29, 1.82) is 0 Å². The Bertz CT molecular complexity index is 44.3. The van der Waals surface area contributed by atoms with Gasteiger partial charge in [-0.25, -0.2) is 0 Å². The number of rotatable bonds is 5. The van der Waals surface area contributed by atoms with Crippen LogP contribution in [0.5, 0.6) is 0 Å². The molecule has 0 fully saturated rings. The average Bonchev–Trinajstić information content (AvgIpc) is 2.04. The molecule has 78 valence electrons. The summed E-state index contributed by atoms with van der Waals surface area (Å²) in [6.07, 6.45) is 2.04.